The summed E-state index contributed by atoms with van der Waals surface area (Å²) < 4.78 is 42.8. The number of hydrogen-bond acceptors (Lipinski definition) is 4. The van der Waals surface area contributed by atoms with Crippen molar-refractivity contribution in [1.29, 1.82) is 0 Å². The summed E-state index contributed by atoms with van der Waals surface area (Å²) in [4.78, 5) is 26.0. The van der Waals surface area contributed by atoms with E-state index in [2.05, 4.69) is 20.3 Å². The van der Waals surface area contributed by atoms with Gasteiger partial charge in [0.25, 0.3) is 6.43 Å². The van der Waals surface area contributed by atoms with Crippen LogP contribution in [0.25, 0.3) is 10.9 Å². The Labute approximate surface area is 189 Å². The van der Waals surface area contributed by atoms with Gasteiger partial charge in [0.1, 0.15) is 17.5 Å². The van der Waals surface area contributed by atoms with E-state index >= 15 is 0 Å². The van der Waals surface area contributed by atoms with Gasteiger partial charge in [0.2, 0.25) is 5.91 Å². The van der Waals surface area contributed by atoms with E-state index in [1.807, 2.05) is 11.6 Å². The molecule has 3 aromatic rings. The molecule has 0 bridgehead atoms. The lowest BCUT2D eigenvalue weighted by Crippen LogP contribution is -2.22. The molecular weight excluding hydrogens is 431 g/mol. The molecule has 2 aromatic heterocycles. The molecule has 6 nitrogen and oxygen atoms in total. The molecule has 0 spiro atoms. The van der Waals surface area contributed by atoms with E-state index < -0.39 is 23.8 Å². The average Bonchev–Trinajstić information content (AvgIpc) is 3.32. The van der Waals surface area contributed by atoms with Gasteiger partial charge in [-0.2, -0.15) is 0 Å². The minimum atomic E-state index is -2.91. The number of hydrogen-bond donors (Lipinski definition) is 1. The van der Waals surface area contributed by atoms with Crippen LogP contribution >= 0.6 is 0 Å². The second-order valence-corrected chi connectivity index (χ2v) is 8.46. The van der Waals surface area contributed by atoms with Crippen LogP contribution in [-0.4, -0.2) is 20.4 Å². The first-order valence-corrected chi connectivity index (χ1v) is 11.0. The molecule has 1 amide bonds. The Balaban J connectivity index is 1.77. The van der Waals surface area contributed by atoms with Crippen molar-refractivity contribution in [1.82, 2.24) is 14.5 Å². The van der Waals surface area contributed by atoms with E-state index in [4.69, 9.17) is 0 Å². The number of benzene rings is 1. The molecule has 1 aliphatic carbocycles. The molecule has 1 unspecified atom stereocenters. The minimum absolute atomic E-state index is 0.0102. The highest BCUT2D eigenvalue weighted by Gasteiger charge is 2.23. The number of anilines is 1. The maximum Gasteiger partial charge on any atom is 0.266 e. The fraction of sp³-hybridized carbons (Fsp3) is 0.417. The number of rotatable bonds is 5. The Morgan fingerprint density at radius 1 is 1.24 bits per heavy atom. The Morgan fingerprint density at radius 2 is 1.94 bits per heavy atom. The highest BCUT2D eigenvalue weighted by molar-refractivity contribution is 5.93. The van der Waals surface area contributed by atoms with Gasteiger partial charge >= 0.3 is 0 Å². The Kier molecular flexibility index (Phi) is 6.49. The van der Waals surface area contributed by atoms with Gasteiger partial charge in [-0.25, -0.2) is 23.1 Å². The van der Waals surface area contributed by atoms with Crippen molar-refractivity contribution in [2.24, 2.45) is 18.0 Å². The van der Waals surface area contributed by atoms with Crippen LogP contribution in [0.3, 0.4) is 0 Å². The van der Waals surface area contributed by atoms with Crippen molar-refractivity contribution >= 4 is 22.6 Å². The fourth-order valence-electron chi connectivity index (χ4n) is 4.25. The Bertz CT molecular complexity index is 1260. The van der Waals surface area contributed by atoms with Gasteiger partial charge in [-0.1, -0.05) is 31.0 Å². The molecule has 1 aliphatic rings. The van der Waals surface area contributed by atoms with Crippen molar-refractivity contribution in [3.63, 3.8) is 0 Å². The van der Waals surface area contributed by atoms with Gasteiger partial charge in [-0.15, -0.1) is 0 Å². The molecule has 0 radical (unpaired) electrons. The number of aromatic nitrogens is 3. The molecule has 0 aliphatic heterocycles. The number of pyridine rings is 1. The van der Waals surface area contributed by atoms with Crippen LogP contribution in [0.15, 0.2) is 35.5 Å². The molecule has 33 heavy (non-hydrogen) atoms. The lowest BCUT2D eigenvalue weighted by Gasteiger charge is -2.14. The second-order valence-electron chi connectivity index (χ2n) is 8.46. The summed E-state index contributed by atoms with van der Waals surface area (Å²) in [5.41, 5.74) is 0.476. The van der Waals surface area contributed by atoms with Crippen LogP contribution in [0.5, 0.6) is 0 Å². The van der Waals surface area contributed by atoms with Crippen LogP contribution in [0.4, 0.5) is 19.0 Å². The zero-order chi connectivity index (χ0) is 23.7. The van der Waals surface area contributed by atoms with Crippen LogP contribution in [-0.2, 0) is 11.8 Å². The molecule has 1 aromatic carbocycles. The van der Waals surface area contributed by atoms with Gasteiger partial charge in [0, 0.05) is 23.9 Å². The van der Waals surface area contributed by atoms with Crippen LogP contribution in [0.2, 0.25) is 0 Å². The standard InChI is InChI=1S/C24H26F3N5O/c1-13(16-9-6-10-17(21(16)25)22(26)27)29-23-18-11-20(31-24(33)15-7-4-5-8-15)28-12-19(18)32(3)14(2)30-23/h6,9-13,15,22H,4-5,7-8H2,1-3H3,(H,28,31,33). The molecular formula is C24H26F3N5O. The van der Waals surface area contributed by atoms with Crippen LogP contribution in [0, 0.1) is 18.7 Å². The van der Waals surface area contributed by atoms with Crippen molar-refractivity contribution in [2.45, 2.75) is 52.0 Å². The summed E-state index contributed by atoms with van der Waals surface area (Å²) >= 11 is 0. The van der Waals surface area contributed by atoms with Gasteiger partial charge in [0.05, 0.1) is 23.3 Å². The molecule has 0 saturated heterocycles. The number of halogens is 3. The number of alkyl halides is 2. The normalized spacial score (nSPS) is 16.0. The van der Waals surface area contributed by atoms with Gasteiger partial charge in [0.15, 0.2) is 5.49 Å². The third kappa shape index (κ3) is 4.62. The molecule has 4 rings (SSSR count). The van der Waals surface area contributed by atoms with E-state index in [9.17, 15) is 18.0 Å². The number of aryl methyl sites for hydroxylation is 2. The van der Waals surface area contributed by atoms with E-state index in [1.54, 1.807) is 26.1 Å². The first-order chi connectivity index (χ1) is 15.8. The topological polar surface area (TPSA) is 72.2 Å². The second kappa shape index (κ2) is 9.33. The number of nitrogens with one attached hydrogen (secondary N) is 1. The summed E-state index contributed by atoms with van der Waals surface area (Å²) in [6, 6.07) is 4.86. The maximum absolute atomic E-state index is 14.7. The van der Waals surface area contributed by atoms with Gasteiger partial charge < -0.3 is 9.88 Å². The minimum Gasteiger partial charge on any atom is -0.331 e. The summed E-state index contributed by atoms with van der Waals surface area (Å²) in [7, 11) is 1.84. The quantitative estimate of drug-likeness (QED) is 0.576. The van der Waals surface area contributed by atoms with Crippen molar-refractivity contribution in [2.75, 3.05) is 5.32 Å². The van der Waals surface area contributed by atoms with E-state index in [1.165, 1.54) is 12.1 Å². The number of nitrogens with zero attached hydrogens (tertiary/aromatic N) is 4. The van der Waals surface area contributed by atoms with Gasteiger partial charge in [-0.05, 0) is 32.8 Å². The first kappa shape index (κ1) is 22.9. The van der Waals surface area contributed by atoms with Gasteiger partial charge in [-0.3, -0.25) is 9.79 Å². The largest absolute Gasteiger partial charge is 0.331 e. The lowest BCUT2D eigenvalue weighted by molar-refractivity contribution is -0.119. The Morgan fingerprint density at radius 3 is 2.64 bits per heavy atom. The zero-order valence-corrected chi connectivity index (χ0v) is 18.8. The molecule has 1 atom stereocenters. The Hall–Kier alpha value is -3.23. The number of carbonyl (C=O) groups excluding carboxylic acids is 1. The van der Waals surface area contributed by atoms with Crippen LogP contribution < -0.4 is 10.8 Å². The SMILES string of the molecule is Cc1nc(=NC(C)c2cccc(C(F)F)c2F)c2cc(NC(=O)C3CCCC3)ncc2n1C. The molecule has 9 heteroatoms. The van der Waals surface area contributed by atoms with Crippen molar-refractivity contribution in [3.8, 4) is 0 Å². The van der Waals surface area contributed by atoms with E-state index in [-0.39, 0.29) is 17.4 Å². The maximum atomic E-state index is 14.7. The summed E-state index contributed by atoms with van der Waals surface area (Å²) in [5.74, 6) is 0.0165. The summed E-state index contributed by atoms with van der Waals surface area (Å²) in [6.07, 6.45) is 2.56. The number of carbonyl (C=O) groups is 1. The first-order valence-electron chi connectivity index (χ1n) is 11.0. The number of fused-ring (bicyclic) bond motifs is 1. The molecule has 1 saturated carbocycles. The third-order valence-electron chi connectivity index (χ3n) is 6.28. The average molecular weight is 458 g/mol. The highest BCUT2D eigenvalue weighted by Crippen LogP contribution is 2.29. The monoisotopic (exact) mass is 457 g/mol. The summed E-state index contributed by atoms with van der Waals surface area (Å²) in [5, 5.41) is 3.50. The molecule has 1 fully saturated rings. The predicted molar refractivity (Wildman–Crippen MR) is 119 cm³/mol. The zero-order valence-electron chi connectivity index (χ0n) is 18.8. The van der Waals surface area contributed by atoms with E-state index in [0.717, 1.165) is 37.3 Å². The predicted octanol–water partition coefficient (Wildman–Crippen LogP) is 5.14. The van der Waals surface area contributed by atoms with E-state index in [0.29, 0.717) is 22.5 Å². The highest BCUT2D eigenvalue weighted by atomic mass is 19.3. The summed E-state index contributed by atoms with van der Waals surface area (Å²) in [6.45, 7) is 3.43. The fourth-order valence-corrected chi connectivity index (χ4v) is 4.25. The smallest absolute Gasteiger partial charge is 0.266 e. The molecule has 2 heterocycles. The third-order valence-corrected chi connectivity index (χ3v) is 6.28. The number of amides is 1. The van der Waals surface area contributed by atoms with Crippen LogP contribution in [0.1, 0.15) is 62.0 Å². The van der Waals surface area contributed by atoms with Crippen molar-refractivity contribution < 1.29 is 18.0 Å². The molecule has 1 N–H and O–H groups in total. The molecule has 174 valence electrons. The van der Waals surface area contributed by atoms with Crippen molar-refractivity contribution in [3.05, 3.63) is 58.7 Å². The lowest BCUT2D eigenvalue weighted by atomic mass is 10.0.